The van der Waals surface area contributed by atoms with Crippen LogP contribution >= 0.6 is 12.2 Å². The maximum Gasteiger partial charge on any atom is 0.216 e. The lowest BCUT2D eigenvalue weighted by Crippen LogP contribution is -1.95. The summed E-state index contributed by atoms with van der Waals surface area (Å²) in [6.07, 6.45) is 1.70. The van der Waals surface area contributed by atoms with Gasteiger partial charge >= 0.3 is 0 Å². The molecule has 0 aliphatic heterocycles. The van der Waals surface area contributed by atoms with E-state index >= 15 is 0 Å². The Balaban J connectivity index is 1.93. The van der Waals surface area contributed by atoms with E-state index in [9.17, 15) is 0 Å². The molecule has 0 aliphatic rings. The SMILES string of the molecule is COc1ccc(C=Nn2c(-c3cc(C)[nH]n3)n[nH]c2=S)cc1. The van der Waals surface area contributed by atoms with Crippen LogP contribution in [0, 0.1) is 11.7 Å². The van der Waals surface area contributed by atoms with Gasteiger partial charge in [-0.2, -0.15) is 20.0 Å². The molecule has 2 heterocycles. The summed E-state index contributed by atoms with van der Waals surface area (Å²) >= 11 is 5.21. The lowest BCUT2D eigenvalue weighted by molar-refractivity contribution is 0.415. The van der Waals surface area contributed by atoms with Crippen LogP contribution in [0.2, 0.25) is 0 Å². The molecule has 0 saturated heterocycles. The number of aromatic nitrogens is 5. The van der Waals surface area contributed by atoms with Crippen LogP contribution in [0.4, 0.5) is 0 Å². The summed E-state index contributed by atoms with van der Waals surface area (Å²) < 4.78 is 7.06. The van der Waals surface area contributed by atoms with Crippen molar-refractivity contribution < 1.29 is 4.74 Å². The number of nitrogens with zero attached hydrogens (tertiary/aromatic N) is 4. The average Bonchev–Trinajstić information content (AvgIpc) is 3.11. The molecule has 0 aliphatic carbocycles. The van der Waals surface area contributed by atoms with Crippen molar-refractivity contribution in [2.45, 2.75) is 6.92 Å². The molecule has 1 aromatic carbocycles. The van der Waals surface area contributed by atoms with E-state index in [0.29, 0.717) is 16.3 Å². The molecule has 0 radical (unpaired) electrons. The van der Waals surface area contributed by atoms with Gasteiger partial charge < -0.3 is 4.74 Å². The molecule has 7 nitrogen and oxygen atoms in total. The van der Waals surface area contributed by atoms with Gasteiger partial charge in [0.15, 0.2) is 0 Å². The van der Waals surface area contributed by atoms with Crippen LogP contribution in [0.25, 0.3) is 11.5 Å². The third-order valence-electron chi connectivity index (χ3n) is 3.02. The van der Waals surface area contributed by atoms with Gasteiger partial charge in [0, 0.05) is 5.69 Å². The van der Waals surface area contributed by atoms with Gasteiger partial charge in [-0.3, -0.25) is 5.10 Å². The summed E-state index contributed by atoms with van der Waals surface area (Å²) in [4.78, 5) is 0. The Hall–Kier alpha value is -2.74. The Kier molecular flexibility index (Phi) is 3.84. The van der Waals surface area contributed by atoms with Gasteiger partial charge in [-0.15, -0.1) is 0 Å². The van der Waals surface area contributed by atoms with Crippen LogP contribution in [0.5, 0.6) is 5.75 Å². The molecular weight excluding hydrogens is 300 g/mol. The van der Waals surface area contributed by atoms with Crippen LogP contribution < -0.4 is 4.74 Å². The molecule has 0 spiro atoms. The van der Waals surface area contributed by atoms with Crippen LogP contribution in [0.15, 0.2) is 35.4 Å². The van der Waals surface area contributed by atoms with Crippen molar-refractivity contribution in [2.24, 2.45) is 5.10 Å². The molecular formula is C14H14N6OS. The molecule has 0 fully saturated rings. The Labute approximate surface area is 131 Å². The summed E-state index contributed by atoms with van der Waals surface area (Å²) in [5.74, 6) is 1.35. The third-order valence-corrected chi connectivity index (χ3v) is 3.29. The first-order chi connectivity index (χ1) is 10.7. The number of aryl methyl sites for hydroxylation is 1. The number of ether oxygens (including phenoxy) is 1. The Morgan fingerprint density at radius 1 is 1.23 bits per heavy atom. The highest BCUT2D eigenvalue weighted by Gasteiger charge is 2.10. The quantitative estimate of drug-likeness (QED) is 0.572. The number of H-pyrrole nitrogens is 2. The molecule has 8 heteroatoms. The number of nitrogens with one attached hydrogen (secondary N) is 2. The fraction of sp³-hybridized carbons (Fsp3) is 0.143. The minimum absolute atomic E-state index is 0.403. The molecule has 22 heavy (non-hydrogen) atoms. The van der Waals surface area contributed by atoms with Crippen molar-refractivity contribution in [2.75, 3.05) is 7.11 Å². The second-order valence-corrected chi connectivity index (χ2v) is 5.00. The number of benzene rings is 1. The van der Waals surface area contributed by atoms with E-state index in [4.69, 9.17) is 17.0 Å². The zero-order chi connectivity index (χ0) is 15.5. The Morgan fingerprint density at radius 3 is 2.64 bits per heavy atom. The number of rotatable bonds is 4. The van der Waals surface area contributed by atoms with Crippen molar-refractivity contribution in [3.05, 3.63) is 46.4 Å². The van der Waals surface area contributed by atoms with E-state index in [2.05, 4.69) is 25.5 Å². The number of aromatic amines is 2. The first kappa shape index (κ1) is 14.2. The van der Waals surface area contributed by atoms with Gasteiger partial charge in [0.25, 0.3) is 0 Å². The van der Waals surface area contributed by atoms with Gasteiger partial charge in [0.2, 0.25) is 10.6 Å². The smallest absolute Gasteiger partial charge is 0.216 e. The zero-order valence-electron chi connectivity index (χ0n) is 12.1. The number of hydrogen-bond acceptors (Lipinski definition) is 5. The van der Waals surface area contributed by atoms with Gasteiger partial charge in [-0.05, 0) is 55.0 Å². The second kappa shape index (κ2) is 5.94. The Bertz CT molecular complexity index is 858. The van der Waals surface area contributed by atoms with E-state index in [-0.39, 0.29) is 0 Å². The van der Waals surface area contributed by atoms with Gasteiger partial charge in [0.05, 0.1) is 13.3 Å². The number of methoxy groups -OCH3 is 1. The van der Waals surface area contributed by atoms with Gasteiger partial charge in [0.1, 0.15) is 11.4 Å². The van der Waals surface area contributed by atoms with E-state index in [1.807, 2.05) is 37.3 Å². The first-order valence-corrected chi connectivity index (χ1v) is 6.96. The van der Waals surface area contributed by atoms with E-state index in [1.165, 1.54) is 4.68 Å². The topological polar surface area (TPSA) is 83.9 Å². The van der Waals surface area contributed by atoms with Gasteiger partial charge in [-0.25, -0.2) is 5.10 Å². The molecule has 0 atom stereocenters. The average molecular weight is 314 g/mol. The molecule has 2 N–H and O–H groups in total. The minimum Gasteiger partial charge on any atom is -0.497 e. The van der Waals surface area contributed by atoms with Crippen molar-refractivity contribution in [3.63, 3.8) is 0 Å². The van der Waals surface area contributed by atoms with Crippen LogP contribution in [0.3, 0.4) is 0 Å². The highest BCUT2D eigenvalue weighted by molar-refractivity contribution is 7.71. The standard InChI is InChI=1S/C14H14N6OS/c1-9-7-12(17-16-9)13-18-19-14(22)20(13)15-8-10-3-5-11(21-2)6-4-10/h3-8H,1-2H3,(H,16,17)(H,19,22). The maximum absolute atomic E-state index is 5.21. The summed E-state index contributed by atoms with van der Waals surface area (Å²) in [7, 11) is 1.63. The summed E-state index contributed by atoms with van der Waals surface area (Å²) in [5.41, 5.74) is 2.54. The molecule has 0 saturated carbocycles. The third kappa shape index (κ3) is 2.82. The highest BCUT2D eigenvalue weighted by atomic mass is 32.1. The predicted molar refractivity (Wildman–Crippen MR) is 85.7 cm³/mol. The van der Waals surface area contributed by atoms with Crippen LogP contribution in [-0.2, 0) is 0 Å². The summed E-state index contributed by atoms with van der Waals surface area (Å²) in [6, 6.07) is 9.43. The predicted octanol–water partition coefficient (Wildman–Crippen LogP) is 2.53. The molecule has 3 rings (SSSR count). The van der Waals surface area contributed by atoms with E-state index in [0.717, 1.165) is 17.0 Å². The highest BCUT2D eigenvalue weighted by Crippen LogP contribution is 2.15. The van der Waals surface area contributed by atoms with Crippen molar-refractivity contribution in [1.29, 1.82) is 0 Å². The van der Waals surface area contributed by atoms with E-state index < -0.39 is 0 Å². The fourth-order valence-electron chi connectivity index (χ4n) is 1.91. The second-order valence-electron chi connectivity index (χ2n) is 4.62. The number of hydrogen-bond donors (Lipinski definition) is 2. The minimum atomic E-state index is 0.403. The fourth-order valence-corrected chi connectivity index (χ4v) is 2.09. The van der Waals surface area contributed by atoms with E-state index in [1.54, 1.807) is 13.3 Å². The maximum atomic E-state index is 5.21. The lowest BCUT2D eigenvalue weighted by atomic mass is 10.2. The first-order valence-electron chi connectivity index (χ1n) is 6.55. The normalized spacial score (nSPS) is 11.2. The molecule has 2 aromatic heterocycles. The van der Waals surface area contributed by atoms with Crippen LogP contribution in [-0.4, -0.2) is 38.4 Å². The van der Waals surface area contributed by atoms with Crippen molar-refractivity contribution >= 4 is 18.4 Å². The summed E-state index contributed by atoms with van der Waals surface area (Å²) in [6.45, 7) is 1.92. The molecule has 0 bridgehead atoms. The molecule has 0 amide bonds. The molecule has 0 unspecified atom stereocenters. The monoisotopic (exact) mass is 314 g/mol. The zero-order valence-corrected chi connectivity index (χ0v) is 12.9. The van der Waals surface area contributed by atoms with Crippen LogP contribution in [0.1, 0.15) is 11.3 Å². The molecule has 112 valence electrons. The Morgan fingerprint density at radius 2 is 2.00 bits per heavy atom. The lowest BCUT2D eigenvalue weighted by Gasteiger charge is -1.99. The van der Waals surface area contributed by atoms with Crippen molar-refractivity contribution in [1.82, 2.24) is 25.1 Å². The molecule has 3 aromatic rings. The summed E-state index contributed by atoms with van der Waals surface area (Å²) in [5, 5.41) is 18.3. The largest absolute Gasteiger partial charge is 0.497 e. The van der Waals surface area contributed by atoms with Crippen molar-refractivity contribution in [3.8, 4) is 17.3 Å². The van der Waals surface area contributed by atoms with Gasteiger partial charge in [-0.1, -0.05) is 0 Å².